The van der Waals surface area contributed by atoms with E-state index in [1.807, 2.05) is 30.3 Å². The molecule has 0 spiro atoms. The quantitative estimate of drug-likeness (QED) is 0.436. The van der Waals surface area contributed by atoms with Crippen molar-refractivity contribution in [2.75, 3.05) is 6.54 Å². The van der Waals surface area contributed by atoms with Crippen molar-refractivity contribution < 1.29 is 19.5 Å². The predicted molar refractivity (Wildman–Crippen MR) is 128 cm³/mol. The molecule has 2 aliphatic rings. The number of nitrogens with one attached hydrogen (secondary N) is 3. The van der Waals surface area contributed by atoms with Crippen molar-refractivity contribution in [3.63, 3.8) is 0 Å². The fraction of sp³-hybridized carbons (Fsp3) is 0.360. The van der Waals surface area contributed by atoms with E-state index in [0.29, 0.717) is 35.9 Å². The van der Waals surface area contributed by atoms with Crippen LogP contribution in [0, 0.1) is 0 Å². The van der Waals surface area contributed by atoms with Crippen LogP contribution in [0.5, 0.6) is 0 Å². The van der Waals surface area contributed by atoms with Gasteiger partial charge in [-0.15, -0.1) is 0 Å². The van der Waals surface area contributed by atoms with Gasteiger partial charge in [-0.2, -0.15) is 0 Å². The summed E-state index contributed by atoms with van der Waals surface area (Å²) in [5, 5.41) is 14.4. The SMILES string of the molecule is O=C(O)CNC(=O)CCc1ccc(/C(=C\[C@H]2CCC(=O)N2)c2ccc(C3CC3)c(=O)[nH]2)cc1Cl. The smallest absolute Gasteiger partial charge is 0.322 e. The highest BCUT2D eigenvalue weighted by Gasteiger charge is 2.27. The van der Waals surface area contributed by atoms with E-state index in [4.69, 9.17) is 16.7 Å². The summed E-state index contributed by atoms with van der Waals surface area (Å²) in [6, 6.07) is 9.09. The van der Waals surface area contributed by atoms with Gasteiger partial charge in [0.1, 0.15) is 6.54 Å². The maximum atomic E-state index is 12.7. The molecule has 4 rings (SSSR count). The summed E-state index contributed by atoms with van der Waals surface area (Å²) in [7, 11) is 0. The van der Waals surface area contributed by atoms with E-state index in [9.17, 15) is 19.2 Å². The lowest BCUT2D eigenvalue weighted by atomic mass is 9.96. The molecule has 1 atom stereocenters. The van der Waals surface area contributed by atoms with Crippen LogP contribution < -0.4 is 16.2 Å². The van der Waals surface area contributed by atoms with Crippen molar-refractivity contribution in [1.29, 1.82) is 0 Å². The number of rotatable bonds is 9. The molecule has 9 heteroatoms. The Morgan fingerprint density at radius 1 is 1.15 bits per heavy atom. The fourth-order valence-electron chi connectivity index (χ4n) is 4.09. The van der Waals surface area contributed by atoms with E-state index in [2.05, 4.69) is 15.6 Å². The molecule has 1 saturated carbocycles. The highest BCUT2D eigenvalue weighted by Crippen LogP contribution is 2.38. The average Bonchev–Trinajstić information content (AvgIpc) is 3.56. The van der Waals surface area contributed by atoms with Crippen LogP contribution in [0.2, 0.25) is 5.02 Å². The summed E-state index contributed by atoms with van der Waals surface area (Å²) in [5.74, 6) is -1.14. The second kappa shape index (κ2) is 10.3. The van der Waals surface area contributed by atoms with Crippen molar-refractivity contribution in [2.24, 2.45) is 0 Å². The molecular formula is C25H26ClN3O5. The van der Waals surface area contributed by atoms with Gasteiger partial charge in [0.05, 0.1) is 0 Å². The van der Waals surface area contributed by atoms with Crippen LogP contribution in [0.15, 0.2) is 41.2 Å². The highest BCUT2D eigenvalue weighted by molar-refractivity contribution is 6.31. The summed E-state index contributed by atoms with van der Waals surface area (Å²) < 4.78 is 0. The number of halogens is 1. The first kappa shape index (κ1) is 23.8. The maximum absolute atomic E-state index is 12.7. The Morgan fingerprint density at radius 3 is 2.56 bits per heavy atom. The van der Waals surface area contributed by atoms with Crippen LogP contribution in [0.4, 0.5) is 0 Å². The Kier molecular flexibility index (Phi) is 7.17. The number of aliphatic carboxylic acids is 1. The number of carboxylic acids is 1. The van der Waals surface area contributed by atoms with Crippen molar-refractivity contribution in [3.8, 4) is 0 Å². The molecule has 2 aromatic rings. The van der Waals surface area contributed by atoms with Crippen LogP contribution in [0.25, 0.3) is 5.57 Å². The third kappa shape index (κ3) is 5.94. The van der Waals surface area contributed by atoms with E-state index < -0.39 is 12.5 Å². The fourth-order valence-corrected chi connectivity index (χ4v) is 4.37. The Bertz CT molecular complexity index is 1220. The topological polar surface area (TPSA) is 128 Å². The second-order valence-electron chi connectivity index (χ2n) is 8.70. The highest BCUT2D eigenvalue weighted by atomic mass is 35.5. The molecule has 2 heterocycles. The minimum absolute atomic E-state index is 0.00673. The minimum Gasteiger partial charge on any atom is -0.480 e. The molecule has 1 aromatic heterocycles. The average molecular weight is 484 g/mol. The summed E-state index contributed by atoms with van der Waals surface area (Å²) >= 11 is 6.52. The van der Waals surface area contributed by atoms with Crippen LogP contribution >= 0.6 is 11.6 Å². The predicted octanol–water partition coefficient (Wildman–Crippen LogP) is 2.75. The number of carbonyl (C=O) groups is 3. The number of pyridine rings is 1. The number of aromatic amines is 1. The molecule has 2 amide bonds. The molecule has 0 bridgehead atoms. The van der Waals surface area contributed by atoms with E-state index in [1.165, 1.54) is 0 Å². The Labute approximate surface area is 201 Å². The van der Waals surface area contributed by atoms with Gasteiger partial charge < -0.3 is 20.7 Å². The number of benzene rings is 1. The normalized spacial score (nSPS) is 18.0. The number of H-pyrrole nitrogens is 1. The molecule has 0 radical (unpaired) electrons. The Balaban J connectivity index is 1.58. The molecular weight excluding hydrogens is 458 g/mol. The van der Waals surface area contributed by atoms with E-state index in [0.717, 1.165) is 35.1 Å². The van der Waals surface area contributed by atoms with Gasteiger partial charge in [-0.05, 0) is 54.9 Å². The van der Waals surface area contributed by atoms with Gasteiger partial charge in [-0.1, -0.05) is 35.9 Å². The molecule has 34 heavy (non-hydrogen) atoms. The maximum Gasteiger partial charge on any atom is 0.322 e. The molecule has 1 aromatic carbocycles. The van der Waals surface area contributed by atoms with Crippen molar-refractivity contribution in [2.45, 2.75) is 50.5 Å². The molecule has 8 nitrogen and oxygen atoms in total. The largest absolute Gasteiger partial charge is 0.480 e. The summed E-state index contributed by atoms with van der Waals surface area (Å²) in [6.07, 6.45) is 5.60. The minimum atomic E-state index is -1.10. The lowest BCUT2D eigenvalue weighted by Crippen LogP contribution is -2.29. The molecule has 0 unspecified atom stereocenters. The zero-order valence-electron chi connectivity index (χ0n) is 18.5. The number of aromatic nitrogens is 1. The number of carboxylic acid groups (broad SMARTS) is 1. The van der Waals surface area contributed by atoms with Crippen LogP contribution in [-0.4, -0.2) is 40.5 Å². The van der Waals surface area contributed by atoms with Crippen molar-refractivity contribution >= 4 is 35.0 Å². The van der Waals surface area contributed by atoms with Crippen LogP contribution in [0.1, 0.15) is 60.4 Å². The van der Waals surface area contributed by atoms with Crippen LogP contribution in [-0.2, 0) is 20.8 Å². The van der Waals surface area contributed by atoms with Gasteiger partial charge in [-0.3, -0.25) is 19.2 Å². The van der Waals surface area contributed by atoms with Gasteiger partial charge in [0.25, 0.3) is 5.56 Å². The van der Waals surface area contributed by atoms with Crippen molar-refractivity contribution in [1.82, 2.24) is 15.6 Å². The lowest BCUT2D eigenvalue weighted by molar-refractivity contribution is -0.137. The molecule has 1 aliphatic carbocycles. The second-order valence-corrected chi connectivity index (χ2v) is 9.11. The molecule has 4 N–H and O–H groups in total. The zero-order valence-corrected chi connectivity index (χ0v) is 19.3. The lowest BCUT2D eigenvalue weighted by Gasteiger charge is -2.14. The molecule has 1 saturated heterocycles. The van der Waals surface area contributed by atoms with E-state index in [-0.39, 0.29) is 29.8 Å². The number of hydrogen-bond acceptors (Lipinski definition) is 4. The van der Waals surface area contributed by atoms with Gasteiger partial charge >= 0.3 is 5.97 Å². The summed E-state index contributed by atoms with van der Waals surface area (Å²) in [5.41, 5.74) is 3.64. The van der Waals surface area contributed by atoms with Gasteiger partial charge in [0, 0.05) is 40.7 Å². The monoisotopic (exact) mass is 483 g/mol. The Hall–Kier alpha value is -3.39. The molecule has 178 valence electrons. The number of aryl methyl sites for hydroxylation is 1. The first-order chi connectivity index (χ1) is 16.3. The summed E-state index contributed by atoms with van der Waals surface area (Å²) in [4.78, 5) is 49.8. The summed E-state index contributed by atoms with van der Waals surface area (Å²) in [6.45, 7) is -0.422. The van der Waals surface area contributed by atoms with Crippen LogP contribution in [0.3, 0.4) is 0 Å². The van der Waals surface area contributed by atoms with Crippen molar-refractivity contribution in [3.05, 3.63) is 74.2 Å². The third-order valence-electron chi connectivity index (χ3n) is 6.07. The first-order valence-corrected chi connectivity index (χ1v) is 11.7. The first-order valence-electron chi connectivity index (χ1n) is 11.3. The molecule has 1 aliphatic heterocycles. The number of amides is 2. The van der Waals surface area contributed by atoms with Gasteiger partial charge in [0.2, 0.25) is 11.8 Å². The molecule has 2 fully saturated rings. The zero-order chi connectivity index (χ0) is 24.2. The van der Waals surface area contributed by atoms with Gasteiger partial charge in [0.15, 0.2) is 0 Å². The number of hydrogen-bond donors (Lipinski definition) is 4. The number of carbonyl (C=O) groups excluding carboxylic acids is 2. The van der Waals surface area contributed by atoms with E-state index in [1.54, 1.807) is 6.07 Å². The third-order valence-corrected chi connectivity index (χ3v) is 6.42. The standard InChI is InChI=1S/C25H26ClN3O5/c26-20-11-16(4-3-15(20)5-9-22(30)27-13-24(32)33)19(12-17-6-10-23(31)28-17)21-8-7-18(14-1-2-14)25(34)29-21/h3-4,7-8,11-12,14,17H,1-2,5-6,9-10,13H2,(H,27,30)(H,28,31)(H,29,34)(H,32,33)/b19-12+/t17-/m1/s1. The van der Waals surface area contributed by atoms with Gasteiger partial charge in [-0.25, -0.2) is 0 Å². The van der Waals surface area contributed by atoms with E-state index >= 15 is 0 Å². The Morgan fingerprint density at radius 2 is 1.94 bits per heavy atom.